The summed E-state index contributed by atoms with van der Waals surface area (Å²) < 4.78 is 1.10. The summed E-state index contributed by atoms with van der Waals surface area (Å²) in [6.07, 6.45) is 0. The molecule has 76 valence electrons. The molecule has 0 aliphatic heterocycles. The van der Waals surface area contributed by atoms with Crippen molar-refractivity contribution in [3.63, 3.8) is 0 Å². The second kappa shape index (κ2) is 5.23. The Morgan fingerprint density at radius 1 is 0.923 bits per heavy atom. The first-order valence-corrected chi connectivity index (χ1v) is 5.09. The summed E-state index contributed by atoms with van der Waals surface area (Å²) >= 11 is 0. The van der Waals surface area contributed by atoms with E-state index in [-0.39, 0.29) is 0 Å². The molecule has 0 radical (unpaired) electrons. The first-order chi connectivity index (χ1) is 5.95. The zero-order valence-corrected chi connectivity index (χ0v) is 9.69. The summed E-state index contributed by atoms with van der Waals surface area (Å²) in [4.78, 5) is 0. The molecule has 0 aliphatic carbocycles. The lowest BCUT2D eigenvalue weighted by molar-refractivity contribution is -0.916. The largest absolute Gasteiger partial charge is 0.317 e. The summed E-state index contributed by atoms with van der Waals surface area (Å²) in [5.74, 6) is 0. The number of quaternary nitrogens is 1. The van der Waals surface area contributed by atoms with E-state index in [9.17, 15) is 0 Å². The van der Waals surface area contributed by atoms with Gasteiger partial charge in [0.2, 0.25) is 0 Å². The topological polar surface area (TPSA) is 0 Å². The van der Waals surface area contributed by atoms with E-state index < -0.39 is 0 Å². The number of rotatable bonds is 6. The fraction of sp³-hybridized carbons (Fsp3) is 0.667. The van der Waals surface area contributed by atoms with Gasteiger partial charge in [0.25, 0.3) is 0 Å². The Hall–Kier alpha value is -0.560. The van der Waals surface area contributed by atoms with Gasteiger partial charge in [-0.2, -0.15) is 0 Å². The van der Waals surface area contributed by atoms with E-state index in [0.717, 1.165) is 30.7 Å². The van der Waals surface area contributed by atoms with Crippen LogP contribution in [0.3, 0.4) is 0 Å². The zero-order chi connectivity index (χ0) is 10.5. The van der Waals surface area contributed by atoms with Crippen molar-refractivity contribution in [1.82, 2.24) is 0 Å². The van der Waals surface area contributed by atoms with Crippen molar-refractivity contribution in [2.24, 2.45) is 0 Å². The lowest BCUT2D eigenvalue weighted by Gasteiger charge is -2.37. The highest BCUT2D eigenvalue weighted by atomic mass is 15.3. The van der Waals surface area contributed by atoms with Gasteiger partial charge in [0.1, 0.15) is 0 Å². The van der Waals surface area contributed by atoms with Crippen molar-refractivity contribution in [2.45, 2.75) is 27.7 Å². The van der Waals surface area contributed by atoms with E-state index in [0.29, 0.717) is 0 Å². The lowest BCUT2D eigenvalue weighted by Crippen LogP contribution is -2.49. The van der Waals surface area contributed by atoms with E-state index in [1.807, 2.05) is 0 Å². The zero-order valence-electron chi connectivity index (χ0n) is 9.69. The molecule has 1 heteroatoms. The molecule has 0 aliphatic rings. The highest BCUT2D eigenvalue weighted by Crippen LogP contribution is 2.12. The van der Waals surface area contributed by atoms with Crippen molar-refractivity contribution < 1.29 is 4.48 Å². The Morgan fingerprint density at radius 2 is 1.23 bits per heavy atom. The molecule has 0 unspecified atom stereocenters. The monoisotopic (exact) mass is 182 g/mol. The van der Waals surface area contributed by atoms with Crippen LogP contribution in [-0.2, 0) is 0 Å². The maximum absolute atomic E-state index is 4.00. The van der Waals surface area contributed by atoms with Gasteiger partial charge in [0.15, 0.2) is 0 Å². The first-order valence-electron chi connectivity index (χ1n) is 5.09. The number of hydrogen-bond acceptors (Lipinski definition) is 0. The summed E-state index contributed by atoms with van der Waals surface area (Å²) in [6.45, 7) is 21.2. The SMILES string of the molecule is C=C(C)C[N+](CC)(CC)CC(=C)C. The standard InChI is InChI=1S/C12H24N/c1-7-13(8-2,9-11(3)4)10-12(5)6/h3,5,7-10H2,1-2,4,6H3/q+1. The van der Waals surface area contributed by atoms with Crippen LogP contribution in [0.1, 0.15) is 27.7 Å². The van der Waals surface area contributed by atoms with Crippen LogP contribution in [0.25, 0.3) is 0 Å². The molecule has 0 amide bonds. The minimum absolute atomic E-state index is 1.08. The van der Waals surface area contributed by atoms with Crippen LogP contribution < -0.4 is 0 Å². The molecule has 0 aromatic carbocycles. The first kappa shape index (κ1) is 12.4. The van der Waals surface area contributed by atoms with Crippen LogP contribution in [0.5, 0.6) is 0 Å². The minimum atomic E-state index is 1.08. The molecule has 0 saturated heterocycles. The van der Waals surface area contributed by atoms with Gasteiger partial charge in [-0.25, -0.2) is 0 Å². The fourth-order valence-corrected chi connectivity index (χ4v) is 1.87. The quantitative estimate of drug-likeness (QED) is 0.437. The van der Waals surface area contributed by atoms with E-state index >= 15 is 0 Å². The van der Waals surface area contributed by atoms with Crippen molar-refractivity contribution in [3.05, 3.63) is 24.3 Å². The third kappa shape index (κ3) is 4.28. The van der Waals surface area contributed by atoms with Gasteiger partial charge in [0, 0.05) is 0 Å². The molecule has 1 nitrogen and oxygen atoms in total. The Labute approximate surface area is 83.3 Å². The van der Waals surface area contributed by atoms with Crippen molar-refractivity contribution in [1.29, 1.82) is 0 Å². The van der Waals surface area contributed by atoms with Crippen LogP contribution >= 0.6 is 0 Å². The molecule has 0 aromatic rings. The highest BCUT2D eigenvalue weighted by Gasteiger charge is 2.22. The van der Waals surface area contributed by atoms with Crippen LogP contribution in [0.4, 0.5) is 0 Å². The van der Waals surface area contributed by atoms with Gasteiger partial charge in [-0.05, 0) is 38.8 Å². The molecule has 0 bridgehead atoms. The molecule has 0 saturated carbocycles. The van der Waals surface area contributed by atoms with Gasteiger partial charge in [-0.15, -0.1) is 0 Å². The molecule has 0 heterocycles. The predicted molar refractivity (Wildman–Crippen MR) is 60.7 cm³/mol. The van der Waals surface area contributed by atoms with Gasteiger partial charge in [-0.3, -0.25) is 0 Å². The number of nitrogens with zero attached hydrogens (tertiary/aromatic N) is 1. The fourth-order valence-electron chi connectivity index (χ4n) is 1.87. The highest BCUT2D eigenvalue weighted by molar-refractivity contribution is 4.92. The van der Waals surface area contributed by atoms with Gasteiger partial charge >= 0.3 is 0 Å². The Bertz CT molecular complexity index is 169. The Balaban J connectivity index is 4.48. The van der Waals surface area contributed by atoms with Gasteiger partial charge in [-0.1, -0.05) is 13.2 Å². The van der Waals surface area contributed by atoms with Crippen LogP contribution in [-0.4, -0.2) is 30.7 Å². The van der Waals surface area contributed by atoms with Crippen LogP contribution in [0, 0.1) is 0 Å². The molecule has 0 atom stereocenters. The van der Waals surface area contributed by atoms with E-state index in [1.165, 1.54) is 11.1 Å². The summed E-state index contributed by atoms with van der Waals surface area (Å²) in [5, 5.41) is 0. The molecular weight excluding hydrogens is 158 g/mol. The lowest BCUT2D eigenvalue weighted by atomic mass is 10.2. The van der Waals surface area contributed by atoms with E-state index in [1.54, 1.807) is 0 Å². The molecule has 0 spiro atoms. The van der Waals surface area contributed by atoms with E-state index in [4.69, 9.17) is 0 Å². The maximum atomic E-state index is 4.00. The Morgan fingerprint density at radius 3 is 1.38 bits per heavy atom. The maximum Gasteiger partial charge on any atom is 0.1000 e. The Kier molecular flexibility index (Phi) is 5.01. The molecule has 0 fully saturated rings. The number of hydrogen-bond donors (Lipinski definition) is 0. The molecule has 0 N–H and O–H groups in total. The average molecular weight is 182 g/mol. The second-order valence-corrected chi connectivity index (χ2v) is 4.20. The predicted octanol–water partition coefficient (Wildman–Crippen LogP) is 3.00. The number of likely N-dealkylation sites (N-methyl/N-ethyl adjacent to an activating group) is 1. The second-order valence-electron chi connectivity index (χ2n) is 4.20. The van der Waals surface area contributed by atoms with Crippen LogP contribution in [0.2, 0.25) is 0 Å². The molecular formula is C12H24N+. The van der Waals surface area contributed by atoms with E-state index in [2.05, 4.69) is 40.9 Å². The minimum Gasteiger partial charge on any atom is -0.317 e. The van der Waals surface area contributed by atoms with Gasteiger partial charge < -0.3 is 4.48 Å². The third-order valence-corrected chi connectivity index (χ3v) is 2.55. The van der Waals surface area contributed by atoms with Crippen molar-refractivity contribution >= 4 is 0 Å². The molecule has 0 aromatic heterocycles. The normalized spacial score (nSPS) is 11.4. The molecule has 0 rings (SSSR count). The smallest absolute Gasteiger partial charge is 0.1000 e. The molecule has 13 heavy (non-hydrogen) atoms. The van der Waals surface area contributed by atoms with Crippen LogP contribution in [0.15, 0.2) is 24.3 Å². The summed E-state index contributed by atoms with van der Waals surface area (Å²) in [7, 11) is 0. The van der Waals surface area contributed by atoms with Crippen molar-refractivity contribution in [3.8, 4) is 0 Å². The van der Waals surface area contributed by atoms with Gasteiger partial charge in [0.05, 0.1) is 26.2 Å². The average Bonchev–Trinajstić information content (AvgIpc) is 2.01. The summed E-state index contributed by atoms with van der Waals surface area (Å²) in [6, 6.07) is 0. The van der Waals surface area contributed by atoms with Crippen molar-refractivity contribution in [2.75, 3.05) is 26.2 Å². The summed E-state index contributed by atoms with van der Waals surface area (Å²) in [5.41, 5.74) is 2.54. The third-order valence-electron chi connectivity index (χ3n) is 2.55.